The number of benzene rings is 1. The van der Waals surface area contributed by atoms with Crippen LogP contribution in [0.25, 0.3) is 22.5 Å². The Morgan fingerprint density at radius 2 is 2.10 bits per heavy atom. The Morgan fingerprint density at radius 3 is 2.94 bits per heavy atom. The number of anilines is 1. The van der Waals surface area contributed by atoms with Crippen molar-refractivity contribution in [1.29, 1.82) is 0 Å². The molecule has 4 aromatic rings. The predicted molar refractivity (Wildman–Crippen MR) is 113 cm³/mol. The number of pyridine rings is 1. The molecule has 1 atom stereocenters. The maximum absolute atomic E-state index is 14.2. The normalized spacial score (nSPS) is 15.0. The molecule has 0 saturated heterocycles. The summed E-state index contributed by atoms with van der Waals surface area (Å²) in [4.78, 5) is 8.83. The summed E-state index contributed by atoms with van der Waals surface area (Å²) in [6.07, 6.45) is 4.90. The molecule has 1 aliphatic heterocycles. The zero-order valence-corrected chi connectivity index (χ0v) is 17.1. The lowest BCUT2D eigenvalue weighted by Gasteiger charge is -2.21. The fourth-order valence-electron chi connectivity index (χ4n) is 3.96. The minimum Gasteiger partial charge on any atom is -0.482 e. The second-order valence-corrected chi connectivity index (χ2v) is 7.37. The third-order valence-electron chi connectivity index (χ3n) is 5.43. The van der Waals surface area contributed by atoms with Gasteiger partial charge in [-0.3, -0.25) is 4.68 Å². The van der Waals surface area contributed by atoms with E-state index < -0.39 is 6.10 Å². The van der Waals surface area contributed by atoms with E-state index in [1.165, 1.54) is 18.5 Å². The van der Waals surface area contributed by atoms with Crippen molar-refractivity contribution >= 4 is 5.82 Å². The second kappa shape index (κ2) is 7.42. The molecule has 8 nitrogen and oxygen atoms in total. The lowest BCUT2D eigenvalue weighted by atomic mass is 9.96. The van der Waals surface area contributed by atoms with Crippen molar-refractivity contribution in [2.45, 2.75) is 32.9 Å². The molecule has 0 amide bonds. The van der Waals surface area contributed by atoms with Gasteiger partial charge in [-0.2, -0.15) is 5.10 Å². The molecule has 9 heteroatoms. The van der Waals surface area contributed by atoms with Crippen LogP contribution in [0.2, 0.25) is 0 Å². The zero-order chi connectivity index (χ0) is 21.5. The van der Waals surface area contributed by atoms with Crippen LogP contribution in [-0.4, -0.2) is 29.9 Å². The molecule has 1 aromatic carbocycles. The summed E-state index contributed by atoms with van der Waals surface area (Å²) in [5, 5.41) is 12.9. The quantitative estimate of drug-likeness (QED) is 0.505. The summed E-state index contributed by atoms with van der Waals surface area (Å²) in [6.45, 7) is 4.54. The molecule has 3 aromatic heterocycles. The summed E-state index contributed by atoms with van der Waals surface area (Å²) in [7, 11) is 0. The SMILES string of the molecule is CCn1ncc2c1-c1cnc(N)c(c1)O[C@H](C)c1cc(F)ccc1-c1nncnc1C2. The fourth-order valence-corrected chi connectivity index (χ4v) is 3.96. The van der Waals surface area contributed by atoms with Crippen LogP contribution in [0.5, 0.6) is 5.75 Å². The van der Waals surface area contributed by atoms with E-state index in [9.17, 15) is 4.39 Å². The number of aryl methyl sites for hydroxylation is 1. The Bertz CT molecular complexity index is 1290. The number of halogens is 1. The van der Waals surface area contributed by atoms with Crippen LogP contribution in [0.3, 0.4) is 0 Å². The Hall–Kier alpha value is -3.88. The summed E-state index contributed by atoms with van der Waals surface area (Å²) >= 11 is 0. The van der Waals surface area contributed by atoms with Gasteiger partial charge < -0.3 is 10.5 Å². The van der Waals surface area contributed by atoms with Gasteiger partial charge in [-0.25, -0.2) is 14.4 Å². The maximum Gasteiger partial charge on any atom is 0.166 e. The zero-order valence-electron chi connectivity index (χ0n) is 17.1. The van der Waals surface area contributed by atoms with Gasteiger partial charge >= 0.3 is 0 Å². The Morgan fingerprint density at radius 1 is 1.23 bits per heavy atom. The first kappa shape index (κ1) is 19.1. The highest BCUT2D eigenvalue weighted by Crippen LogP contribution is 2.37. The van der Waals surface area contributed by atoms with E-state index in [1.54, 1.807) is 12.3 Å². The molecule has 5 rings (SSSR count). The van der Waals surface area contributed by atoms with Crippen molar-refractivity contribution in [3.8, 4) is 28.3 Å². The molecule has 0 fully saturated rings. The van der Waals surface area contributed by atoms with Gasteiger partial charge in [0.25, 0.3) is 0 Å². The smallest absolute Gasteiger partial charge is 0.166 e. The Kier molecular flexibility index (Phi) is 4.58. The summed E-state index contributed by atoms with van der Waals surface area (Å²) in [5.74, 6) is 0.315. The van der Waals surface area contributed by atoms with Crippen molar-refractivity contribution in [3.63, 3.8) is 0 Å². The highest BCUT2D eigenvalue weighted by Gasteiger charge is 2.24. The molecule has 2 bridgehead atoms. The number of hydrogen-bond donors (Lipinski definition) is 1. The highest BCUT2D eigenvalue weighted by molar-refractivity contribution is 5.70. The van der Waals surface area contributed by atoms with E-state index >= 15 is 0 Å². The molecule has 0 saturated carbocycles. The predicted octanol–water partition coefficient (Wildman–Crippen LogP) is 3.58. The third-order valence-corrected chi connectivity index (χ3v) is 5.43. The van der Waals surface area contributed by atoms with E-state index in [1.807, 2.05) is 30.8 Å². The van der Waals surface area contributed by atoms with Gasteiger partial charge in [0.2, 0.25) is 0 Å². The number of nitrogens with zero attached hydrogens (tertiary/aromatic N) is 6. The van der Waals surface area contributed by atoms with E-state index in [0.29, 0.717) is 35.5 Å². The van der Waals surface area contributed by atoms with Crippen LogP contribution in [0.4, 0.5) is 10.2 Å². The number of aromatic nitrogens is 6. The van der Waals surface area contributed by atoms with Gasteiger partial charge in [0.05, 0.1) is 17.6 Å². The van der Waals surface area contributed by atoms with E-state index in [4.69, 9.17) is 10.5 Å². The van der Waals surface area contributed by atoms with Crippen molar-refractivity contribution in [3.05, 3.63) is 65.6 Å². The van der Waals surface area contributed by atoms with Crippen molar-refractivity contribution in [1.82, 2.24) is 29.9 Å². The van der Waals surface area contributed by atoms with Gasteiger partial charge in [0.1, 0.15) is 23.9 Å². The minimum atomic E-state index is -0.519. The van der Waals surface area contributed by atoms with Crippen LogP contribution < -0.4 is 10.5 Å². The van der Waals surface area contributed by atoms with Crippen LogP contribution in [0.1, 0.15) is 36.8 Å². The van der Waals surface area contributed by atoms with Gasteiger partial charge in [-0.05, 0) is 38.1 Å². The number of rotatable bonds is 1. The standard InChI is InChI=1S/C22H20FN7O/c1-3-30-21-13(10-28-30)6-18-20(29-27-11-26-18)16-5-4-15(23)8-17(16)12(2)31-19-7-14(21)9-25-22(19)24/h4-5,7-12H,3,6H2,1-2H3,(H2,24,25)/t12-/m1/s1. The summed E-state index contributed by atoms with van der Waals surface area (Å²) in [6, 6.07) is 6.37. The third kappa shape index (κ3) is 3.27. The van der Waals surface area contributed by atoms with E-state index in [2.05, 4.69) is 25.3 Å². The Balaban J connectivity index is 1.81. The second-order valence-electron chi connectivity index (χ2n) is 7.37. The van der Waals surface area contributed by atoms with Crippen LogP contribution >= 0.6 is 0 Å². The average Bonchev–Trinajstić information content (AvgIpc) is 3.17. The van der Waals surface area contributed by atoms with Crippen molar-refractivity contribution in [2.75, 3.05) is 5.73 Å². The van der Waals surface area contributed by atoms with Crippen LogP contribution in [0, 0.1) is 5.82 Å². The first-order valence-electron chi connectivity index (χ1n) is 9.98. The molecule has 0 radical (unpaired) electrons. The van der Waals surface area contributed by atoms with Gasteiger partial charge in [-0.15, -0.1) is 10.2 Å². The number of nitrogens with two attached hydrogens (primary N) is 1. The highest BCUT2D eigenvalue weighted by atomic mass is 19.1. The number of fused-ring (bicyclic) bond motifs is 7. The van der Waals surface area contributed by atoms with Crippen LogP contribution in [-0.2, 0) is 13.0 Å². The molecular weight excluding hydrogens is 397 g/mol. The molecule has 31 heavy (non-hydrogen) atoms. The largest absolute Gasteiger partial charge is 0.482 e. The lowest BCUT2D eigenvalue weighted by molar-refractivity contribution is 0.227. The fraction of sp³-hybridized carbons (Fsp3) is 0.227. The molecular formula is C22H20FN7O. The molecule has 0 aliphatic carbocycles. The average molecular weight is 417 g/mol. The molecule has 156 valence electrons. The number of hydrogen-bond acceptors (Lipinski definition) is 7. The van der Waals surface area contributed by atoms with Crippen LogP contribution in [0.15, 0.2) is 43.0 Å². The molecule has 0 spiro atoms. The van der Waals surface area contributed by atoms with Crippen molar-refractivity contribution < 1.29 is 9.13 Å². The molecule has 0 unspecified atom stereocenters. The summed E-state index contributed by atoms with van der Waals surface area (Å²) < 4.78 is 22.3. The summed E-state index contributed by atoms with van der Waals surface area (Å²) in [5.41, 5.74) is 11.4. The minimum absolute atomic E-state index is 0.261. The van der Waals surface area contributed by atoms with Gasteiger partial charge in [0, 0.05) is 41.4 Å². The first-order chi connectivity index (χ1) is 15.0. The lowest BCUT2D eigenvalue weighted by Crippen LogP contribution is -2.11. The van der Waals surface area contributed by atoms with Gasteiger partial charge in [0.15, 0.2) is 11.6 Å². The molecule has 2 N–H and O–H groups in total. The number of ether oxygens (including phenoxy) is 1. The monoisotopic (exact) mass is 417 g/mol. The van der Waals surface area contributed by atoms with Gasteiger partial charge in [-0.1, -0.05) is 0 Å². The van der Waals surface area contributed by atoms with Crippen molar-refractivity contribution in [2.24, 2.45) is 0 Å². The molecule has 1 aliphatic rings. The number of nitrogen functional groups attached to an aromatic ring is 1. The Labute approximate surface area is 177 Å². The van der Waals surface area contributed by atoms with E-state index in [-0.39, 0.29) is 11.6 Å². The maximum atomic E-state index is 14.2. The topological polar surface area (TPSA) is 105 Å². The first-order valence-corrected chi connectivity index (χ1v) is 9.98. The van der Waals surface area contributed by atoms with E-state index in [0.717, 1.165) is 22.5 Å². The molecule has 4 heterocycles.